The summed E-state index contributed by atoms with van der Waals surface area (Å²) in [4.78, 5) is 12.0. The molecule has 1 atom stereocenters. The van der Waals surface area contributed by atoms with E-state index in [-0.39, 0.29) is 17.4 Å². The van der Waals surface area contributed by atoms with Crippen LogP contribution in [0.15, 0.2) is 42.5 Å². The van der Waals surface area contributed by atoms with E-state index in [0.717, 1.165) is 6.07 Å². The van der Waals surface area contributed by atoms with Crippen molar-refractivity contribution in [3.63, 3.8) is 0 Å². The Balaban J connectivity index is 2.01. The van der Waals surface area contributed by atoms with Gasteiger partial charge in [0.15, 0.2) is 6.61 Å². The minimum atomic E-state index is -0.888. The lowest BCUT2D eigenvalue weighted by molar-refractivity contribution is -0.123. The Morgan fingerprint density at radius 2 is 2.08 bits per heavy atom. The molecule has 2 aromatic carbocycles. The molecule has 0 bridgehead atoms. The molecule has 5 nitrogen and oxygen atoms in total. The average Bonchev–Trinajstić information content (AvgIpc) is 2.59. The Bertz CT molecular complexity index is 777. The second kappa shape index (κ2) is 8.18. The highest BCUT2D eigenvalue weighted by atomic mass is 35.5. The Morgan fingerprint density at radius 3 is 2.75 bits per heavy atom. The largest absolute Gasteiger partial charge is 0.496 e. The van der Waals surface area contributed by atoms with E-state index < -0.39 is 17.8 Å². The van der Waals surface area contributed by atoms with Gasteiger partial charge in [0, 0.05) is 5.56 Å². The van der Waals surface area contributed by atoms with Gasteiger partial charge in [-0.3, -0.25) is 4.79 Å². The third-order valence-corrected chi connectivity index (χ3v) is 3.43. The highest BCUT2D eigenvalue weighted by Gasteiger charge is 2.18. The first-order chi connectivity index (χ1) is 11.5. The summed E-state index contributed by atoms with van der Waals surface area (Å²) >= 11 is 5.82. The lowest BCUT2D eigenvalue weighted by Gasteiger charge is -2.15. The number of nitrogens with zero attached hydrogens (tertiary/aromatic N) is 1. The van der Waals surface area contributed by atoms with E-state index in [1.807, 2.05) is 6.07 Å². The maximum atomic E-state index is 13.0. The monoisotopic (exact) mass is 348 g/mol. The van der Waals surface area contributed by atoms with Crippen molar-refractivity contribution in [3.05, 3.63) is 58.9 Å². The summed E-state index contributed by atoms with van der Waals surface area (Å²) in [6, 6.07) is 11.6. The van der Waals surface area contributed by atoms with Crippen molar-refractivity contribution in [3.8, 4) is 17.6 Å². The van der Waals surface area contributed by atoms with E-state index in [4.69, 9.17) is 21.1 Å². The first-order valence-electron chi connectivity index (χ1n) is 6.95. The SMILES string of the molecule is COc1ccccc1[C@@H](C#N)NC(=O)COc1ccc(F)cc1Cl. The number of ether oxygens (including phenoxy) is 2. The minimum absolute atomic E-state index is 0.0596. The minimum Gasteiger partial charge on any atom is -0.496 e. The first-order valence-corrected chi connectivity index (χ1v) is 7.32. The number of carbonyl (C=O) groups is 1. The number of nitriles is 1. The Hall–Kier alpha value is -2.78. The third-order valence-electron chi connectivity index (χ3n) is 3.14. The van der Waals surface area contributed by atoms with Crippen LogP contribution in [-0.4, -0.2) is 19.6 Å². The number of amides is 1. The molecule has 0 fully saturated rings. The molecule has 2 rings (SSSR count). The molecule has 24 heavy (non-hydrogen) atoms. The van der Waals surface area contributed by atoms with Crippen LogP contribution in [0.5, 0.6) is 11.5 Å². The summed E-state index contributed by atoms with van der Waals surface area (Å²) in [5, 5.41) is 11.9. The molecule has 0 aliphatic carbocycles. The maximum absolute atomic E-state index is 13.0. The molecule has 2 aromatic rings. The number of halogens is 2. The fraction of sp³-hybridized carbons (Fsp3) is 0.176. The molecule has 124 valence electrons. The molecule has 0 spiro atoms. The van der Waals surface area contributed by atoms with Crippen molar-refractivity contribution < 1.29 is 18.7 Å². The number of para-hydroxylation sites is 1. The molecule has 0 saturated heterocycles. The number of rotatable bonds is 6. The van der Waals surface area contributed by atoms with Crippen molar-refractivity contribution in [1.29, 1.82) is 5.26 Å². The van der Waals surface area contributed by atoms with E-state index in [1.54, 1.807) is 24.3 Å². The van der Waals surface area contributed by atoms with Gasteiger partial charge in [-0.05, 0) is 24.3 Å². The number of nitrogens with one attached hydrogen (secondary N) is 1. The van der Waals surface area contributed by atoms with Crippen LogP contribution in [-0.2, 0) is 4.79 Å². The van der Waals surface area contributed by atoms with E-state index in [0.29, 0.717) is 11.3 Å². The predicted octanol–water partition coefficient (Wildman–Crippen LogP) is 3.25. The van der Waals surface area contributed by atoms with Crippen molar-refractivity contribution in [2.45, 2.75) is 6.04 Å². The fourth-order valence-corrected chi connectivity index (χ4v) is 2.24. The molecular formula is C17H14ClFN2O3. The van der Waals surface area contributed by atoms with Crippen LogP contribution in [0.25, 0.3) is 0 Å². The van der Waals surface area contributed by atoms with Gasteiger partial charge in [-0.25, -0.2) is 4.39 Å². The molecular weight excluding hydrogens is 335 g/mol. The van der Waals surface area contributed by atoms with Gasteiger partial charge in [-0.2, -0.15) is 5.26 Å². The zero-order valence-electron chi connectivity index (χ0n) is 12.8. The van der Waals surface area contributed by atoms with Gasteiger partial charge in [-0.15, -0.1) is 0 Å². The highest BCUT2D eigenvalue weighted by Crippen LogP contribution is 2.26. The zero-order valence-corrected chi connectivity index (χ0v) is 13.5. The summed E-state index contributed by atoms with van der Waals surface area (Å²) in [5.41, 5.74) is 0.538. The molecule has 0 saturated carbocycles. The van der Waals surface area contributed by atoms with Crippen molar-refractivity contribution in [2.75, 3.05) is 13.7 Å². The van der Waals surface area contributed by atoms with Crippen LogP contribution in [0.3, 0.4) is 0 Å². The highest BCUT2D eigenvalue weighted by molar-refractivity contribution is 6.32. The summed E-state index contributed by atoms with van der Waals surface area (Å²) in [6.45, 7) is -0.362. The van der Waals surface area contributed by atoms with E-state index in [2.05, 4.69) is 5.32 Å². The molecule has 0 heterocycles. The van der Waals surface area contributed by atoms with Crippen LogP contribution < -0.4 is 14.8 Å². The summed E-state index contributed by atoms with van der Waals surface area (Å²) < 4.78 is 23.4. The van der Waals surface area contributed by atoms with E-state index in [1.165, 1.54) is 19.2 Å². The number of hydrogen-bond donors (Lipinski definition) is 1. The molecule has 1 N–H and O–H groups in total. The van der Waals surface area contributed by atoms with E-state index >= 15 is 0 Å². The van der Waals surface area contributed by atoms with Crippen molar-refractivity contribution in [1.82, 2.24) is 5.32 Å². The Labute approximate surface area is 143 Å². The topological polar surface area (TPSA) is 71.3 Å². The number of hydrogen-bond acceptors (Lipinski definition) is 4. The summed E-state index contributed by atoms with van der Waals surface area (Å²) in [6.07, 6.45) is 0. The second-order valence-corrected chi connectivity index (χ2v) is 5.14. The van der Waals surface area contributed by atoms with Crippen LogP contribution in [0.4, 0.5) is 4.39 Å². The summed E-state index contributed by atoms with van der Waals surface area (Å²) in [5.74, 6) is -0.351. The smallest absolute Gasteiger partial charge is 0.259 e. The molecule has 1 amide bonds. The molecule has 0 aliphatic rings. The van der Waals surface area contributed by atoms with Crippen molar-refractivity contribution >= 4 is 17.5 Å². The van der Waals surface area contributed by atoms with Crippen LogP contribution in [0.1, 0.15) is 11.6 Å². The second-order valence-electron chi connectivity index (χ2n) is 4.73. The van der Waals surface area contributed by atoms with Gasteiger partial charge in [0.1, 0.15) is 23.4 Å². The van der Waals surface area contributed by atoms with Gasteiger partial charge in [0.2, 0.25) is 0 Å². The maximum Gasteiger partial charge on any atom is 0.259 e. The van der Waals surface area contributed by atoms with Gasteiger partial charge in [0.25, 0.3) is 5.91 Å². The fourth-order valence-electron chi connectivity index (χ4n) is 2.02. The lowest BCUT2D eigenvalue weighted by Crippen LogP contribution is -2.32. The Morgan fingerprint density at radius 1 is 1.33 bits per heavy atom. The predicted molar refractivity (Wildman–Crippen MR) is 86.4 cm³/mol. The molecule has 0 radical (unpaired) electrons. The molecule has 0 aromatic heterocycles. The van der Waals surface area contributed by atoms with Crippen LogP contribution >= 0.6 is 11.6 Å². The van der Waals surface area contributed by atoms with Gasteiger partial charge < -0.3 is 14.8 Å². The zero-order chi connectivity index (χ0) is 17.5. The molecule has 0 unspecified atom stereocenters. The van der Waals surface area contributed by atoms with Gasteiger partial charge >= 0.3 is 0 Å². The van der Waals surface area contributed by atoms with Gasteiger partial charge in [0.05, 0.1) is 18.2 Å². The molecule has 7 heteroatoms. The quantitative estimate of drug-likeness (QED) is 0.869. The van der Waals surface area contributed by atoms with Gasteiger partial charge in [-0.1, -0.05) is 29.8 Å². The number of methoxy groups -OCH3 is 1. The standard InChI is InChI=1S/C17H14ClFN2O3/c1-23-15-5-3-2-4-12(15)14(9-20)21-17(22)10-24-16-7-6-11(19)8-13(16)18/h2-8,14H,10H2,1H3,(H,21,22)/t14-/m1/s1. The lowest BCUT2D eigenvalue weighted by atomic mass is 10.1. The van der Waals surface area contributed by atoms with Crippen LogP contribution in [0.2, 0.25) is 5.02 Å². The first kappa shape index (κ1) is 17.6. The summed E-state index contributed by atoms with van der Waals surface area (Å²) in [7, 11) is 1.48. The number of benzene rings is 2. The average molecular weight is 349 g/mol. The number of carbonyl (C=O) groups excluding carboxylic acids is 1. The van der Waals surface area contributed by atoms with E-state index in [9.17, 15) is 14.4 Å². The van der Waals surface area contributed by atoms with Crippen molar-refractivity contribution in [2.24, 2.45) is 0 Å². The third kappa shape index (κ3) is 4.37. The molecule has 0 aliphatic heterocycles. The normalized spacial score (nSPS) is 11.2. The van der Waals surface area contributed by atoms with Crippen LogP contribution in [0, 0.1) is 17.1 Å². The Kier molecular flexibility index (Phi) is 5.99.